The topological polar surface area (TPSA) is 112 Å². The first-order valence-corrected chi connectivity index (χ1v) is 5.89. The average molecular weight is 263 g/mol. The molecule has 19 heavy (non-hydrogen) atoms. The maximum atomic E-state index is 9.34. The highest BCUT2D eigenvalue weighted by Gasteiger charge is 2.28. The zero-order valence-corrected chi connectivity index (χ0v) is 10.4. The molecule has 1 aromatic carbocycles. The third-order valence-electron chi connectivity index (χ3n) is 3.16. The highest BCUT2D eigenvalue weighted by molar-refractivity contribution is 6.00. The van der Waals surface area contributed by atoms with Gasteiger partial charge in [-0.25, -0.2) is 0 Å². The lowest BCUT2D eigenvalue weighted by Crippen LogP contribution is -2.49. The molecule has 0 aliphatic rings. The fourth-order valence-corrected chi connectivity index (χ4v) is 1.88. The summed E-state index contributed by atoms with van der Waals surface area (Å²) < 4.78 is 0. The van der Waals surface area contributed by atoms with E-state index >= 15 is 0 Å². The average Bonchev–Trinajstić information content (AvgIpc) is 2.48. The van der Waals surface area contributed by atoms with Crippen molar-refractivity contribution in [3.05, 3.63) is 30.6 Å². The second kappa shape index (κ2) is 5.40. The number of aliphatic hydroxyl groups excluding tert-OH is 3. The fourth-order valence-electron chi connectivity index (χ4n) is 1.88. The van der Waals surface area contributed by atoms with Gasteiger partial charge >= 0.3 is 0 Å². The van der Waals surface area contributed by atoms with Crippen LogP contribution in [0.1, 0.15) is 0 Å². The van der Waals surface area contributed by atoms with Crippen molar-refractivity contribution in [2.75, 3.05) is 30.9 Å². The van der Waals surface area contributed by atoms with Crippen LogP contribution < -0.4 is 11.1 Å². The number of aromatic nitrogens is 1. The van der Waals surface area contributed by atoms with Crippen LogP contribution in [0.3, 0.4) is 0 Å². The van der Waals surface area contributed by atoms with E-state index in [1.165, 1.54) is 0 Å². The summed E-state index contributed by atoms with van der Waals surface area (Å²) >= 11 is 0. The Labute approximate surface area is 110 Å². The first-order valence-electron chi connectivity index (χ1n) is 5.89. The molecule has 0 spiro atoms. The van der Waals surface area contributed by atoms with Crippen molar-refractivity contribution in [3.8, 4) is 0 Å². The van der Waals surface area contributed by atoms with Crippen molar-refractivity contribution in [1.29, 1.82) is 0 Å². The van der Waals surface area contributed by atoms with E-state index in [0.717, 1.165) is 10.8 Å². The van der Waals surface area contributed by atoms with Crippen molar-refractivity contribution < 1.29 is 15.3 Å². The lowest BCUT2D eigenvalue weighted by molar-refractivity contribution is 0.0834. The molecule has 0 aliphatic carbocycles. The van der Waals surface area contributed by atoms with E-state index in [9.17, 15) is 15.3 Å². The molecule has 0 aliphatic heterocycles. The summed E-state index contributed by atoms with van der Waals surface area (Å²) in [5.41, 5.74) is 5.96. The van der Waals surface area contributed by atoms with Crippen LogP contribution in [0.25, 0.3) is 10.8 Å². The van der Waals surface area contributed by atoms with Gasteiger partial charge in [-0.3, -0.25) is 4.98 Å². The summed E-state index contributed by atoms with van der Waals surface area (Å²) in [5, 5.41) is 32.6. The molecule has 1 aromatic heterocycles. The van der Waals surface area contributed by atoms with E-state index in [2.05, 4.69) is 10.3 Å². The van der Waals surface area contributed by atoms with Gasteiger partial charge in [0.15, 0.2) is 0 Å². The molecular formula is C13H17N3O3. The smallest absolute Gasteiger partial charge is 0.107 e. The van der Waals surface area contributed by atoms with Crippen molar-refractivity contribution in [2.24, 2.45) is 0 Å². The number of nitrogens with one attached hydrogen (secondary N) is 1. The van der Waals surface area contributed by atoms with Gasteiger partial charge in [0.1, 0.15) is 5.54 Å². The van der Waals surface area contributed by atoms with E-state index in [1.807, 2.05) is 0 Å². The van der Waals surface area contributed by atoms with E-state index in [-0.39, 0.29) is 0 Å². The van der Waals surface area contributed by atoms with Gasteiger partial charge in [-0.2, -0.15) is 0 Å². The minimum absolute atomic E-state index is 0.392. The molecule has 0 atom stereocenters. The van der Waals surface area contributed by atoms with Gasteiger partial charge < -0.3 is 26.4 Å². The van der Waals surface area contributed by atoms with Gasteiger partial charge in [-0.1, -0.05) is 0 Å². The molecule has 0 saturated carbocycles. The number of hydrogen-bond acceptors (Lipinski definition) is 6. The Kier molecular flexibility index (Phi) is 3.84. The number of nitrogens with zero attached hydrogens (tertiary/aromatic N) is 1. The van der Waals surface area contributed by atoms with Crippen LogP contribution in [0, 0.1) is 0 Å². The third kappa shape index (κ3) is 2.46. The first kappa shape index (κ1) is 13.5. The molecular weight excluding hydrogens is 246 g/mol. The van der Waals surface area contributed by atoms with Crippen LogP contribution in [-0.4, -0.2) is 45.7 Å². The molecule has 1 heterocycles. The quantitative estimate of drug-likeness (QED) is 0.483. The summed E-state index contributed by atoms with van der Waals surface area (Å²) in [5.74, 6) is 0. The molecule has 6 N–H and O–H groups in total. The van der Waals surface area contributed by atoms with E-state index in [1.54, 1.807) is 30.6 Å². The van der Waals surface area contributed by atoms with E-state index in [0.29, 0.717) is 11.4 Å². The van der Waals surface area contributed by atoms with Crippen molar-refractivity contribution in [1.82, 2.24) is 4.98 Å². The Hall–Kier alpha value is -1.89. The van der Waals surface area contributed by atoms with Crippen LogP contribution in [0.2, 0.25) is 0 Å². The molecule has 0 amide bonds. The van der Waals surface area contributed by atoms with Crippen LogP contribution in [0.5, 0.6) is 0 Å². The highest BCUT2D eigenvalue weighted by atomic mass is 16.3. The summed E-state index contributed by atoms with van der Waals surface area (Å²) in [6, 6.07) is 5.24. The Balaban J connectivity index is 2.49. The summed E-state index contributed by atoms with van der Waals surface area (Å²) in [4.78, 5) is 4.02. The number of aliphatic hydroxyl groups is 3. The lowest BCUT2D eigenvalue weighted by Gasteiger charge is -2.30. The van der Waals surface area contributed by atoms with Gasteiger partial charge in [-0.05, 0) is 18.2 Å². The number of pyridine rings is 1. The van der Waals surface area contributed by atoms with E-state index in [4.69, 9.17) is 5.73 Å². The third-order valence-corrected chi connectivity index (χ3v) is 3.16. The predicted molar refractivity (Wildman–Crippen MR) is 73.8 cm³/mol. The minimum atomic E-state index is -1.17. The molecule has 0 fully saturated rings. The molecule has 0 unspecified atom stereocenters. The highest BCUT2D eigenvalue weighted by Crippen LogP contribution is 2.29. The van der Waals surface area contributed by atoms with Crippen LogP contribution in [0.15, 0.2) is 30.6 Å². The SMILES string of the molecule is Nc1ccc(NC(CO)(CO)CO)c2ccncc12. The summed E-state index contributed by atoms with van der Waals surface area (Å²) in [7, 11) is 0. The van der Waals surface area contributed by atoms with Gasteiger partial charge in [-0.15, -0.1) is 0 Å². The second-order valence-corrected chi connectivity index (χ2v) is 4.50. The van der Waals surface area contributed by atoms with Gasteiger partial charge in [0, 0.05) is 34.5 Å². The zero-order valence-electron chi connectivity index (χ0n) is 10.4. The number of hydrogen-bond donors (Lipinski definition) is 5. The predicted octanol–water partition coefficient (Wildman–Crippen LogP) is -0.0554. The minimum Gasteiger partial charge on any atom is -0.398 e. The van der Waals surface area contributed by atoms with Crippen LogP contribution >= 0.6 is 0 Å². The summed E-state index contributed by atoms with van der Waals surface area (Å²) in [6.45, 7) is -1.18. The van der Waals surface area contributed by atoms with Gasteiger partial charge in [0.25, 0.3) is 0 Å². The van der Waals surface area contributed by atoms with E-state index < -0.39 is 25.4 Å². The first-order chi connectivity index (χ1) is 9.15. The largest absolute Gasteiger partial charge is 0.398 e. The number of benzene rings is 1. The Morgan fingerprint density at radius 2 is 1.74 bits per heavy atom. The van der Waals surface area contributed by atoms with Crippen molar-refractivity contribution in [2.45, 2.75) is 5.54 Å². The standard InChI is InChI=1S/C13H17N3O3/c14-11-1-2-12(9-3-4-15-5-10(9)11)16-13(6-17,7-18)8-19/h1-5,16-19H,6-8,14H2. The number of rotatable bonds is 5. The fraction of sp³-hybridized carbons (Fsp3) is 0.308. The zero-order chi connectivity index (χ0) is 13.9. The number of nitrogens with two attached hydrogens (primary N) is 1. The van der Waals surface area contributed by atoms with Crippen molar-refractivity contribution in [3.63, 3.8) is 0 Å². The summed E-state index contributed by atoms with van der Waals surface area (Å²) in [6.07, 6.45) is 3.28. The normalized spacial score (nSPS) is 11.7. The molecule has 6 nitrogen and oxygen atoms in total. The number of fused-ring (bicyclic) bond motifs is 1. The Morgan fingerprint density at radius 1 is 1.05 bits per heavy atom. The molecule has 6 heteroatoms. The monoisotopic (exact) mass is 263 g/mol. The molecule has 2 rings (SSSR count). The number of nitrogen functional groups attached to an aromatic ring is 1. The molecule has 0 saturated heterocycles. The van der Waals surface area contributed by atoms with Gasteiger partial charge in [0.2, 0.25) is 0 Å². The Morgan fingerprint density at radius 3 is 2.37 bits per heavy atom. The molecule has 2 aromatic rings. The lowest BCUT2D eigenvalue weighted by atomic mass is 10.0. The van der Waals surface area contributed by atoms with Crippen LogP contribution in [0.4, 0.5) is 11.4 Å². The molecule has 0 bridgehead atoms. The maximum Gasteiger partial charge on any atom is 0.107 e. The number of anilines is 2. The van der Waals surface area contributed by atoms with Crippen molar-refractivity contribution >= 4 is 22.1 Å². The second-order valence-electron chi connectivity index (χ2n) is 4.50. The maximum absolute atomic E-state index is 9.34. The Bertz CT molecular complexity index is 562. The van der Waals surface area contributed by atoms with Crippen LogP contribution in [-0.2, 0) is 0 Å². The molecule has 102 valence electrons. The molecule has 0 radical (unpaired) electrons. The van der Waals surface area contributed by atoms with Gasteiger partial charge in [0.05, 0.1) is 19.8 Å².